The highest BCUT2D eigenvalue weighted by Crippen LogP contribution is 2.29. The van der Waals surface area contributed by atoms with E-state index in [1.54, 1.807) is 25.1 Å². The number of benzene rings is 2. The Hall–Kier alpha value is -2.83. The van der Waals surface area contributed by atoms with E-state index >= 15 is 0 Å². The Morgan fingerprint density at radius 1 is 1.04 bits per heavy atom. The first kappa shape index (κ1) is 18.5. The average Bonchev–Trinajstić information content (AvgIpc) is 2.59. The third-order valence-electron chi connectivity index (χ3n) is 3.46. The van der Waals surface area contributed by atoms with Crippen molar-refractivity contribution in [3.05, 3.63) is 65.2 Å². The van der Waals surface area contributed by atoms with E-state index in [-0.39, 0.29) is 18.4 Å². The van der Waals surface area contributed by atoms with E-state index in [0.717, 1.165) is 12.1 Å². The zero-order chi connectivity index (χ0) is 18.4. The zero-order valence-corrected chi connectivity index (χ0v) is 13.5. The maximum atomic E-state index is 12.5. The van der Waals surface area contributed by atoms with Gasteiger partial charge in [0.25, 0.3) is 5.91 Å². The highest BCUT2D eigenvalue weighted by Gasteiger charge is 2.29. The summed E-state index contributed by atoms with van der Waals surface area (Å²) < 4.78 is 37.5. The van der Waals surface area contributed by atoms with Crippen LogP contribution in [0.5, 0.6) is 0 Å². The van der Waals surface area contributed by atoms with E-state index in [9.17, 15) is 22.8 Å². The summed E-state index contributed by atoms with van der Waals surface area (Å²) in [6.07, 6.45) is -4.06. The van der Waals surface area contributed by atoms with Crippen molar-refractivity contribution in [2.24, 2.45) is 0 Å². The second kappa shape index (κ2) is 7.83. The van der Waals surface area contributed by atoms with Gasteiger partial charge in [-0.2, -0.15) is 13.2 Å². The predicted octanol–water partition coefficient (Wildman–Crippen LogP) is 3.98. The van der Waals surface area contributed by atoms with Crippen molar-refractivity contribution >= 4 is 17.5 Å². The molecule has 0 saturated heterocycles. The van der Waals surface area contributed by atoms with Crippen LogP contribution in [-0.4, -0.2) is 11.8 Å². The van der Waals surface area contributed by atoms with Gasteiger partial charge in [-0.3, -0.25) is 9.59 Å². The van der Waals surface area contributed by atoms with E-state index in [4.69, 9.17) is 0 Å². The highest BCUT2D eigenvalue weighted by molar-refractivity contribution is 5.97. The van der Waals surface area contributed by atoms with Crippen LogP contribution in [0.2, 0.25) is 0 Å². The van der Waals surface area contributed by atoms with Gasteiger partial charge in [-0.05, 0) is 35.9 Å². The maximum absolute atomic E-state index is 12.5. The molecule has 0 fully saturated rings. The molecule has 4 nitrogen and oxygen atoms in total. The first-order valence-electron chi connectivity index (χ1n) is 7.64. The number of hydrogen-bond acceptors (Lipinski definition) is 2. The lowest BCUT2D eigenvalue weighted by Gasteiger charge is -2.09. The molecule has 0 aliphatic heterocycles. The van der Waals surface area contributed by atoms with Gasteiger partial charge in [-0.15, -0.1) is 0 Å². The second-order valence-corrected chi connectivity index (χ2v) is 5.36. The van der Waals surface area contributed by atoms with E-state index in [2.05, 4.69) is 10.6 Å². The molecule has 2 aromatic rings. The normalized spacial score (nSPS) is 11.0. The molecule has 132 valence electrons. The molecular weight excluding hydrogens is 333 g/mol. The number of alkyl halides is 3. The fraction of sp³-hybridized carbons (Fsp3) is 0.222. The lowest BCUT2D eigenvalue weighted by Crippen LogP contribution is -2.23. The molecule has 0 atom stereocenters. The Balaban J connectivity index is 1.98. The Morgan fingerprint density at radius 2 is 1.72 bits per heavy atom. The van der Waals surface area contributed by atoms with Crippen molar-refractivity contribution in [1.82, 2.24) is 5.32 Å². The molecule has 2 rings (SSSR count). The summed E-state index contributed by atoms with van der Waals surface area (Å²) >= 11 is 0. The van der Waals surface area contributed by atoms with Crippen molar-refractivity contribution in [2.75, 3.05) is 5.32 Å². The number of nitrogens with one attached hydrogen (secondary N) is 2. The van der Waals surface area contributed by atoms with Crippen LogP contribution in [0.15, 0.2) is 48.5 Å². The van der Waals surface area contributed by atoms with Crippen molar-refractivity contribution in [2.45, 2.75) is 26.1 Å². The van der Waals surface area contributed by atoms with Gasteiger partial charge in [-0.1, -0.05) is 25.1 Å². The monoisotopic (exact) mass is 350 g/mol. The van der Waals surface area contributed by atoms with Gasteiger partial charge in [0.15, 0.2) is 0 Å². The molecule has 7 heteroatoms. The summed E-state index contributed by atoms with van der Waals surface area (Å²) in [6.45, 7) is 1.82. The molecule has 0 radical (unpaired) electrons. The molecule has 0 saturated carbocycles. The molecule has 0 unspecified atom stereocenters. The largest absolute Gasteiger partial charge is 0.416 e. The third-order valence-corrected chi connectivity index (χ3v) is 3.46. The van der Waals surface area contributed by atoms with Crippen LogP contribution in [0.3, 0.4) is 0 Å². The van der Waals surface area contributed by atoms with Crippen LogP contribution in [0.25, 0.3) is 0 Å². The van der Waals surface area contributed by atoms with Gasteiger partial charge in [0.2, 0.25) is 5.91 Å². The number of hydrogen-bond donors (Lipinski definition) is 2. The van der Waals surface area contributed by atoms with E-state index in [1.165, 1.54) is 18.2 Å². The maximum Gasteiger partial charge on any atom is 0.416 e. The minimum Gasteiger partial charge on any atom is -0.348 e. The van der Waals surface area contributed by atoms with Gasteiger partial charge >= 0.3 is 6.18 Å². The molecule has 2 aromatic carbocycles. The van der Waals surface area contributed by atoms with Crippen LogP contribution in [0.1, 0.15) is 34.8 Å². The number of anilines is 1. The number of halogens is 3. The summed E-state index contributed by atoms with van der Waals surface area (Å²) in [5.41, 5.74) is 0.675. The Labute approximate surface area is 143 Å². The van der Waals surface area contributed by atoms with Crippen LogP contribution >= 0.6 is 0 Å². The zero-order valence-electron chi connectivity index (χ0n) is 13.5. The summed E-state index contributed by atoms with van der Waals surface area (Å²) in [7, 11) is 0. The predicted molar refractivity (Wildman–Crippen MR) is 88.0 cm³/mol. The quantitative estimate of drug-likeness (QED) is 0.857. The molecule has 0 bridgehead atoms. The van der Waals surface area contributed by atoms with Gasteiger partial charge in [0, 0.05) is 24.2 Å². The van der Waals surface area contributed by atoms with Gasteiger partial charge < -0.3 is 10.6 Å². The molecule has 2 N–H and O–H groups in total. The molecule has 0 aliphatic rings. The van der Waals surface area contributed by atoms with E-state index in [1.807, 2.05) is 0 Å². The van der Waals surface area contributed by atoms with Gasteiger partial charge in [0.05, 0.1) is 5.56 Å². The number of rotatable bonds is 5. The van der Waals surface area contributed by atoms with Gasteiger partial charge in [0.1, 0.15) is 0 Å². The Morgan fingerprint density at radius 3 is 2.32 bits per heavy atom. The summed E-state index contributed by atoms with van der Waals surface area (Å²) in [5.74, 6) is -0.546. The van der Waals surface area contributed by atoms with E-state index < -0.39 is 11.7 Å². The standard InChI is InChI=1S/C18H17F3N2O2/c1-2-16(24)23-15-5-3-4-13(10-15)17(25)22-11-12-6-8-14(9-7-12)18(19,20)21/h3-10H,2,11H2,1H3,(H,22,25)(H,23,24). The van der Waals surface area contributed by atoms with Crippen molar-refractivity contribution in [1.29, 1.82) is 0 Å². The van der Waals surface area contributed by atoms with Gasteiger partial charge in [-0.25, -0.2) is 0 Å². The number of carbonyl (C=O) groups excluding carboxylic acids is 2. The van der Waals surface area contributed by atoms with Crippen molar-refractivity contribution < 1.29 is 22.8 Å². The number of amides is 2. The topological polar surface area (TPSA) is 58.2 Å². The summed E-state index contributed by atoms with van der Waals surface area (Å²) in [6, 6.07) is 11.0. The minimum atomic E-state index is -4.38. The smallest absolute Gasteiger partial charge is 0.348 e. The highest BCUT2D eigenvalue weighted by atomic mass is 19.4. The van der Waals surface area contributed by atoms with Crippen LogP contribution < -0.4 is 10.6 Å². The minimum absolute atomic E-state index is 0.0997. The lowest BCUT2D eigenvalue weighted by molar-refractivity contribution is -0.137. The lowest BCUT2D eigenvalue weighted by atomic mass is 10.1. The third kappa shape index (κ3) is 5.34. The Kier molecular flexibility index (Phi) is 5.80. The van der Waals surface area contributed by atoms with Crippen molar-refractivity contribution in [3.63, 3.8) is 0 Å². The molecule has 0 heterocycles. The average molecular weight is 350 g/mol. The summed E-state index contributed by atoms with van der Waals surface area (Å²) in [4.78, 5) is 23.5. The van der Waals surface area contributed by atoms with Crippen molar-refractivity contribution in [3.8, 4) is 0 Å². The Bertz CT molecular complexity index is 756. The molecule has 2 amide bonds. The molecule has 0 spiro atoms. The fourth-order valence-corrected chi connectivity index (χ4v) is 2.08. The molecule has 0 aliphatic carbocycles. The van der Waals surface area contributed by atoms with Crippen LogP contribution in [-0.2, 0) is 17.5 Å². The first-order chi connectivity index (χ1) is 11.8. The SMILES string of the molecule is CCC(=O)Nc1cccc(C(=O)NCc2ccc(C(F)(F)F)cc2)c1. The molecular formula is C18H17F3N2O2. The fourth-order valence-electron chi connectivity index (χ4n) is 2.08. The molecule has 0 aromatic heterocycles. The van der Waals surface area contributed by atoms with Crippen LogP contribution in [0, 0.1) is 0 Å². The second-order valence-electron chi connectivity index (χ2n) is 5.36. The van der Waals surface area contributed by atoms with E-state index in [0.29, 0.717) is 23.2 Å². The first-order valence-corrected chi connectivity index (χ1v) is 7.64. The number of carbonyl (C=O) groups is 2. The molecule has 25 heavy (non-hydrogen) atoms. The van der Waals surface area contributed by atoms with Crippen LogP contribution in [0.4, 0.5) is 18.9 Å². The summed E-state index contributed by atoms with van der Waals surface area (Å²) in [5, 5.41) is 5.29.